The smallest absolute Gasteiger partial charge is 0.330 e. The van der Waals surface area contributed by atoms with Crippen LogP contribution in [0.1, 0.15) is 37.7 Å². The van der Waals surface area contributed by atoms with Crippen molar-refractivity contribution in [3.05, 3.63) is 35.8 Å². The number of aliphatic carboxylic acids is 1. The summed E-state index contributed by atoms with van der Waals surface area (Å²) in [7, 11) is 0. The van der Waals surface area contributed by atoms with Gasteiger partial charge in [-0.05, 0) is 19.1 Å². The van der Waals surface area contributed by atoms with E-state index in [2.05, 4.69) is 5.32 Å². The second kappa shape index (κ2) is 5.84. The van der Waals surface area contributed by atoms with Crippen molar-refractivity contribution in [1.82, 2.24) is 5.32 Å². The zero-order valence-electron chi connectivity index (χ0n) is 14.3. The molecule has 2 unspecified atom stereocenters. The summed E-state index contributed by atoms with van der Waals surface area (Å²) >= 11 is 0. The lowest BCUT2D eigenvalue weighted by Crippen LogP contribution is -2.76. The lowest BCUT2D eigenvalue weighted by molar-refractivity contribution is -0.190. The van der Waals surface area contributed by atoms with Gasteiger partial charge in [0.05, 0.1) is 6.10 Å². The molecule has 2 N–H and O–H groups in total. The maximum absolute atomic E-state index is 13.7. The molecule has 0 bridgehead atoms. The Hall–Kier alpha value is -2.41. The van der Waals surface area contributed by atoms with E-state index in [-0.39, 0.29) is 23.9 Å². The molecular formula is C18H20FNO5. The van der Waals surface area contributed by atoms with Gasteiger partial charge in [0.2, 0.25) is 0 Å². The fourth-order valence-electron chi connectivity index (χ4n) is 3.43. The van der Waals surface area contributed by atoms with Crippen LogP contribution in [-0.4, -0.2) is 35.2 Å². The number of carboxylic acids is 1. The zero-order valence-corrected chi connectivity index (χ0v) is 14.3. The minimum atomic E-state index is -1.47. The molecule has 25 heavy (non-hydrogen) atoms. The highest BCUT2D eigenvalue weighted by Gasteiger charge is 2.66. The third kappa shape index (κ3) is 2.50. The number of nitrogens with one attached hydrogen (secondary N) is 1. The number of hydrogen-bond acceptors (Lipinski definition) is 4. The predicted molar refractivity (Wildman–Crippen MR) is 87.8 cm³/mol. The standard InChI is InChI=1S/C18H20FNO5/c1-4-24-13-9-18(16(22)23,17(13,2)3)20-15(21)12-8-10-6-5-7-11(19)14(10)25-12/h5-8,13H,4,9H2,1-3H3,(H,20,21)(H,22,23). The van der Waals surface area contributed by atoms with Gasteiger partial charge in [0.15, 0.2) is 17.2 Å². The Kier molecular flexibility index (Phi) is 4.07. The van der Waals surface area contributed by atoms with Crippen LogP contribution in [-0.2, 0) is 9.53 Å². The second-order valence-corrected chi connectivity index (χ2v) is 6.80. The molecule has 1 fully saturated rings. The van der Waals surface area contributed by atoms with Gasteiger partial charge >= 0.3 is 5.97 Å². The highest BCUT2D eigenvalue weighted by atomic mass is 19.1. The van der Waals surface area contributed by atoms with Crippen molar-refractivity contribution in [2.75, 3.05) is 6.61 Å². The van der Waals surface area contributed by atoms with Gasteiger partial charge in [-0.1, -0.05) is 26.0 Å². The Bertz CT molecular complexity index is 843. The monoisotopic (exact) mass is 349 g/mol. The summed E-state index contributed by atoms with van der Waals surface area (Å²) in [6, 6.07) is 5.75. The summed E-state index contributed by atoms with van der Waals surface area (Å²) in [5.41, 5.74) is -2.31. The average molecular weight is 349 g/mol. The lowest BCUT2D eigenvalue weighted by atomic mass is 9.54. The fraction of sp³-hybridized carbons (Fsp3) is 0.444. The number of ether oxygens (including phenoxy) is 1. The molecule has 134 valence electrons. The van der Waals surface area contributed by atoms with Gasteiger partial charge in [0.1, 0.15) is 5.54 Å². The number of hydrogen-bond donors (Lipinski definition) is 2. The molecule has 1 saturated carbocycles. The third-order valence-electron chi connectivity index (χ3n) is 5.18. The quantitative estimate of drug-likeness (QED) is 0.866. The Balaban J connectivity index is 1.89. The maximum Gasteiger partial charge on any atom is 0.330 e. The number of amides is 1. The third-order valence-corrected chi connectivity index (χ3v) is 5.18. The number of carbonyl (C=O) groups excluding carboxylic acids is 1. The second-order valence-electron chi connectivity index (χ2n) is 6.80. The van der Waals surface area contributed by atoms with Crippen LogP contribution in [0.25, 0.3) is 11.0 Å². The van der Waals surface area contributed by atoms with E-state index >= 15 is 0 Å². The Morgan fingerprint density at radius 3 is 2.72 bits per heavy atom. The molecular weight excluding hydrogens is 329 g/mol. The van der Waals surface area contributed by atoms with E-state index in [1.165, 1.54) is 18.2 Å². The number of benzene rings is 1. The van der Waals surface area contributed by atoms with Crippen molar-refractivity contribution >= 4 is 22.8 Å². The van der Waals surface area contributed by atoms with E-state index in [1.807, 2.05) is 6.92 Å². The van der Waals surface area contributed by atoms with Crippen molar-refractivity contribution in [1.29, 1.82) is 0 Å². The van der Waals surface area contributed by atoms with E-state index in [9.17, 15) is 19.1 Å². The van der Waals surface area contributed by atoms with Crippen LogP contribution < -0.4 is 5.32 Å². The lowest BCUT2D eigenvalue weighted by Gasteiger charge is -2.58. The van der Waals surface area contributed by atoms with Crippen LogP contribution in [0.3, 0.4) is 0 Å². The minimum absolute atomic E-state index is 0.0305. The molecule has 1 aliphatic rings. The van der Waals surface area contributed by atoms with Crippen LogP contribution in [0.4, 0.5) is 4.39 Å². The fourth-order valence-corrected chi connectivity index (χ4v) is 3.43. The summed E-state index contributed by atoms with van der Waals surface area (Å²) in [5, 5.41) is 12.7. The van der Waals surface area contributed by atoms with Gasteiger partial charge < -0.3 is 19.6 Å². The molecule has 1 aliphatic carbocycles. The summed E-state index contributed by atoms with van der Waals surface area (Å²) < 4.78 is 24.6. The van der Waals surface area contributed by atoms with Crippen molar-refractivity contribution < 1.29 is 28.2 Å². The first kappa shape index (κ1) is 17.4. The zero-order chi connectivity index (χ0) is 18.4. The molecule has 2 atom stereocenters. The first-order valence-corrected chi connectivity index (χ1v) is 8.08. The van der Waals surface area contributed by atoms with Crippen molar-refractivity contribution in [3.8, 4) is 0 Å². The van der Waals surface area contributed by atoms with Crippen LogP contribution in [0, 0.1) is 11.2 Å². The summed E-state index contributed by atoms with van der Waals surface area (Å²) in [6.45, 7) is 5.77. The first-order chi connectivity index (χ1) is 11.7. The van der Waals surface area contributed by atoms with E-state index in [0.29, 0.717) is 12.0 Å². The first-order valence-electron chi connectivity index (χ1n) is 8.08. The molecule has 1 aromatic carbocycles. The molecule has 0 spiro atoms. The maximum atomic E-state index is 13.7. The van der Waals surface area contributed by atoms with Gasteiger partial charge in [0.25, 0.3) is 5.91 Å². The van der Waals surface area contributed by atoms with Crippen LogP contribution in [0.5, 0.6) is 0 Å². The van der Waals surface area contributed by atoms with Gasteiger partial charge in [-0.25, -0.2) is 9.18 Å². The number of halogens is 1. The normalized spacial score (nSPS) is 24.7. The van der Waals surface area contributed by atoms with Crippen molar-refractivity contribution in [2.24, 2.45) is 5.41 Å². The molecule has 0 aliphatic heterocycles. The predicted octanol–water partition coefficient (Wildman–Crippen LogP) is 2.96. The molecule has 7 heteroatoms. The molecule has 2 aromatic rings. The summed E-state index contributed by atoms with van der Waals surface area (Å²) in [6.07, 6.45) is -0.120. The van der Waals surface area contributed by atoms with Crippen molar-refractivity contribution in [2.45, 2.75) is 38.8 Å². The molecule has 6 nitrogen and oxygen atoms in total. The summed E-state index contributed by atoms with van der Waals surface area (Å²) in [4.78, 5) is 24.5. The van der Waals surface area contributed by atoms with Gasteiger partial charge in [-0.2, -0.15) is 0 Å². The minimum Gasteiger partial charge on any atom is -0.479 e. The number of fused-ring (bicyclic) bond motifs is 1. The molecule has 3 rings (SSSR count). The number of rotatable bonds is 5. The highest BCUT2D eigenvalue weighted by molar-refractivity contribution is 5.99. The van der Waals surface area contributed by atoms with Crippen LogP contribution in [0.15, 0.2) is 28.7 Å². The molecule has 1 aromatic heterocycles. The van der Waals surface area contributed by atoms with E-state index < -0.39 is 28.6 Å². The summed E-state index contributed by atoms with van der Waals surface area (Å²) in [5.74, 6) is -2.54. The van der Waals surface area contributed by atoms with E-state index in [4.69, 9.17) is 9.15 Å². The SMILES string of the molecule is CCOC1CC(NC(=O)c2cc3cccc(F)c3o2)(C(=O)O)C1(C)C. The topological polar surface area (TPSA) is 88.8 Å². The van der Waals surface area contributed by atoms with Gasteiger partial charge in [0, 0.05) is 23.8 Å². The number of furan rings is 1. The van der Waals surface area contributed by atoms with Crippen LogP contribution in [0.2, 0.25) is 0 Å². The Morgan fingerprint density at radius 2 is 2.16 bits per heavy atom. The molecule has 1 amide bonds. The number of carboxylic acid groups (broad SMARTS) is 1. The number of para-hydroxylation sites is 1. The number of carbonyl (C=O) groups is 2. The average Bonchev–Trinajstić information content (AvgIpc) is 2.99. The molecule has 0 radical (unpaired) electrons. The highest BCUT2D eigenvalue weighted by Crippen LogP contribution is 2.51. The van der Waals surface area contributed by atoms with E-state index in [0.717, 1.165) is 0 Å². The molecule has 0 saturated heterocycles. The Morgan fingerprint density at radius 1 is 1.44 bits per heavy atom. The van der Waals surface area contributed by atoms with Gasteiger partial charge in [-0.15, -0.1) is 0 Å². The van der Waals surface area contributed by atoms with E-state index in [1.54, 1.807) is 19.9 Å². The Labute approximate surface area is 143 Å². The molecule has 1 heterocycles. The van der Waals surface area contributed by atoms with Crippen LogP contribution >= 0.6 is 0 Å². The van der Waals surface area contributed by atoms with Crippen molar-refractivity contribution in [3.63, 3.8) is 0 Å². The largest absolute Gasteiger partial charge is 0.479 e. The van der Waals surface area contributed by atoms with Gasteiger partial charge in [-0.3, -0.25) is 4.79 Å².